The minimum atomic E-state index is -3.61. The van der Waals surface area contributed by atoms with E-state index in [1.54, 1.807) is 18.2 Å². The molecule has 0 radical (unpaired) electrons. The van der Waals surface area contributed by atoms with Crippen molar-refractivity contribution in [3.05, 3.63) is 64.7 Å². The first kappa shape index (κ1) is 20.3. The molecule has 7 nitrogen and oxygen atoms in total. The minimum Gasteiger partial charge on any atom is -0.353 e. The highest BCUT2D eigenvalue weighted by atomic mass is 35.5. The van der Waals surface area contributed by atoms with Gasteiger partial charge in [-0.15, -0.1) is 0 Å². The smallest absolute Gasteiger partial charge is 0.263 e. The predicted molar refractivity (Wildman–Crippen MR) is 109 cm³/mol. The number of fused-ring (bicyclic) bond motifs is 1. The number of rotatable bonds is 6. The van der Waals surface area contributed by atoms with Crippen molar-refractivity contribution in [1.82, 2.24) is 14.9 Å². The summed E-state index contributed by atoms with van der Waals surface area (Å²) in [7, 11) is 0.200. The Morgan fingerprint density at radius 2 is 1.86 bits per heavy atom. The van der Waals surface area contributed by atoms with Crippen molar-refractivity contribution < 1.29 is 13.2 Å². The molecule has 0 saturated heterocycles. The number of nitrogens with zero attached hydrogens (tertiary/aromatic N) is 2. The van der Waals surface area contributed by atoms with Crippen LogP contribution in [0.3, 0.4) is 0 Å². The summed E-state index contributed by atoms with van der Waals surface area (Å²) >= 11 is 6.27. The van der Waals surface area contributed by atoms with E-state index < -0.39 is 10.0 Å². The largest absolute Gasteiger partial charge is 0.353 e. The first-order chi connectivity index (χ1) is 13.3. The summed E-state index contributed by atoms with van der Waals surface area (Å²) in [5, 5.41) is 3.47. The predicted octanol–water partition coefficient (Wildman–Crippen LogP) is 1.80. The third-order valence-corrected chi connectivity index (χ3v) is 6.16. The van der Waals surface area contributed by atoms with Crippen LogP contribution in [0.4, 0.5) is 0 Å². The molecule has 0 fully saturated rings. The average molecular weight is 421 g/mol. The molecule has 3 rings (SSSR count). The highest BCUT2D eigenvalue weighted by Gasteiger charge is 2.30. The van der Waals surface area contributed by atoms with Crippen molar-refractivity contribution in [3.63, 3.8) is 0 Å². The van der Waals surface area contributed by atoms with Gasteiger partial charge in [-0.05, 0) is 37.9 Å². The van der Waals surface area contributed by atoms with Crippen molar-refractivity contribution >= 4 is 33.4 Å². The Hall–Kier alpha value is -2.42. The number of aliphatic imine (C=N–C) groups is 1. The molecule has 2 aromatic carbocycles. The summed E-state index contributed by atoms with van der Waals surface area (Å²) < 4.78 is 26.5. The molecule has 1 aliphatic rings. The molecule has 2 aromatic rings. The molecule has 9 heteroatoms. The normalized spacial score (nSPS) is 17.2. The molecular weight excluding hydrogens is 400 g/mol. The van der Waals surface area contributed by atoms with Gasteiger partial charge in [0.25, 0.3) is 10.0 Å². The monoisotopic (exact) mass is 420 g/mol. The van der Waals surface area contributed by atoms with Crippen molar-refractivity contribution in [2.24, 2.45) is 4.99 Å². The van der Waals surface area contributed by atoms with E-state index in [4.69, 9.17) is 11.6 Å². The highest BCUT2D eigenvalue weighted by molar-refractivity contribution is 7.90. The number of amides is 1. The summed E-state index contributed by atoms with van der Waals surface area (Å²) in [6.45, 7) is 0.164. The number of likely N-dealkylation sites (N-methyl/N-ethyl adjacent to an activating group) is 1. The third-order valence-electron chi connectivity index (χ3n) is 4.42. The molecular formula is C19H21ClN4O3S. The van der Waals surface area contributed by atoms with Gasteiger partial charge in [0.2, 0.25) is 5.91 Å². The molecule has 0 bridgehead atoms. The standard InChI is InChI=1S/C19H21ClN4O3S/c1-24(2)16(13-7-3-5-9-15(13)20)11-21-18(25)12-22-19-14-8-4-6-10-17(14)28(26,27)23-19/h3-10,16H,11-12H2,1-2H3,(H,21,25)(H,22,23). The van der Waals surface area contributed by atoms with Crippen molar-refractivity contribution in [2.75, 3.05) is 27.2 Å². The number of hydrogen-bond donors (Lipinski definition) is 2. The van der Waals surface area contributed by atoms with Gasteiger partial charge in [0.1, 0.15) is 12.4 Å². The molecule has 148 valence electrons. The topological polar surface area (TPSA) is 90.9 Å². The van der Waals surface area contributed by atoms with Gasteiger partial charge in [-0.1, -0.05) is 41.9 Å². The van der Waals surface area contributed by atoms with E-state index in [1.807, 2.05) is 43.3 Å². The Morgan fingerprint density at radius 1 is 1.18 bits per heavy atom. The Kier molecular flexibility index (Phi) is 6.02. The van der Waals surface area contributed by atoms with Crippen LogP contribution >= 0.6 is 11.6 Å². The quantitative estimate of drug-likeness (QED) is 0.745. The van der Waals surface area contributed by atoms with E-state index >= 15 is 0 Å². The summed E-state index contributed by atoms with van der Waals surface area (Å²) in [6.07, 6.45) is 0. The first-order valence-corrected chi connectivity index (χ1v) is 10.5. The molecule has 1 unspecified atom stereocenters. The molecule has 2 N–H and O–H groups in total. The second-order valence-corrected chi connectivity index (χ2v) is 8.63. The molecule has 1 heterocycles. The average Bonchev–Trinajstić information content (AvgIpc) is 2.92. The second kappa shape index (κ2) is 8.30. The zero-order valence-corrected chi connectivity index (χ0v) is 17.1. The number of benzene rings is 2. The van der Waals surface area contributed by atoms with Crippen LogP contribution in [0.2, 0.25) is 5.02 Å². The molecule has 28 heavy (non-hydrogen) atoms. The number of carbonyl (C=O) groups excluding carboxylic acids is 1. The highest BCUT2D eigenvalue weighted by Crippen LogP contribution is 2.25. The SMILES string of the molecule is CN(C)C(CNC(=O)CN=C1NS(=O)(=O)c2ccccc21)c1ccccc1Cl. The Morgan fingerprint density at radius 3 is 2.57 bits per heavy atom. The van der Waals surface area contributed by atoms with Crippen LogP contribution in [0.15, 0.2) is 58.4 Å². The van der Waals surface area contributed by atoms with E-state index in [9.17, 15) is 13.2 Å². The second-order valence-electron chi connectivity index (χ2n) is 6.57. The number of hydrogen-bond acceptors (Lipinski definition) is 5. The molecule has 0 spiro atoms. The molecule has 1 amide bonds. The van der Waals surface area contributed by atoms with Crippen LogP contribution < -0.4 is 10.0 Å². The number of amidine groups is 1. The lowest BCUT2D eigenvalue weighted by Crippen LogP contribution is -2.36. The van der Waals surface area contributed by atoms with Crippen LogP contribution in [0.25, 0.3) is 0 Å². The van der Waals surface area contributed by atoms with Gasteiger partial charge in [-0.3, -0.25) is 14.5 Å². The van der Waals surface area contributed by atoms with Gasteiger partial charge >= 0.3 is 0 Å². The zero-order chi connectivity index (χ0) is 20.3. The van der Waals surface area contributed by atoms with E-state index in [1.165, 1.54) is 6.07 Å². The minimum absolute atomic E-state index is 0.101. The van der Waals surface area contributed by atoms with Crippen molar-refractivity contribution in [1.29, 1.82) is 0 Å². The van der Waals surface area contributed by atoms with Crippen LogP contribution in [0.5, 0.6) is 0 Å². The van der Waals surface area contributed by atoms with E-state index in [0.29, 0.717) is 17.1 Å². The number of sulfonamides is 1. The fourth-order valence-corrected chi connectivity index (χ4v) is 4.50. The van der Waals surface area contributed by atoms with Gasteiger partial charge in [-0.25, -0.2) is 8.42 Å². The van der Waals surface area contributed by atoms with Crippen molar-refractivity contribution in [2.45, 2.75) is 10.9 Å². The lowest BCUT2D eigenvalue weighted by atomic mass is 10.1. The molecule has 1 aliphatic heterocycles. The summed E-state index contributed by atoms with van der Waals surface area (Å²) in [5.74, 6) is -0.129. The molecule has 0 aromatic heterocycles. The van der Waals surface area contributed by atoms with E-state index in [-0.39, 0.29) is 29.2 Å². The van der Waals surface area contributed by atoms with E-state index in [2.05, 4.69) is 15.0 Å². The number of nitrogens with one attached hydrogen (secondary N) is 2. The van der Waals surface area contributed by atoms with Gasteiger partial charge in [-0.2, -0.15) is 0 Å². The summed E-state index contributed by atoms with van der Waals surface area (Å²) in [4.78, 5) is 18.6. The van der Waals surface area contributed by atoms with Gasteiger partial charge in [0, 0.05) is 17.1 Å². The maximum Gasteiger partial charge on any atom is 0.263 e. The summed E-state index contributed by atoms with van der Waals surface area (Å²) in [6, 6.07) is 13.9. The summed E-state index contributed by atoms with van der Waals surface area (Å²) in [5.41, 5.74) is 1.38. The van der Waals surface area contributed by atoms with Crippen LogP contribution in [0, 0.1) is 0 Å². The van der Waals surface area contributed by atoms with Crippen LogP contribution in [-0.4, -0.2) is 52.2 Å². The lowest BCUT2D eigenvalue weighted by molar-refractivity contribution is -0.119. The zero-order valence-electron chi connectivity index (χ0n) is 15.5. The third kappa shape index (κ3) is 4.35. The Labute approximate surface area is 169 Å². The Balaban J connectivity index is 1.66. The molecule has 1 atom stereocenters. The van der Waals surface area contributed by atoms with Crippen molar-refractivity contribution in [3.8, 4) is 0 Å². The Bertz CT molecular complexity index is 1020. The fourth-order valence-electron chi connectivity index (χ4n) is 2.98. The van der Waals surface area contributed by atoms with Crippen LogP contribution in [-0.2, 0) is 14.8 Å². The first-order valence-electron chi connectivity index (χ1n) is 8.64. The maximum atomic E-state index is 12.3. The lowest BCUT2D eigenvalue weighted by Gasteiger charge is -2.25. The van der Waals surface area contributed by atoms with Gasteiger partial charge in [0.15, 0.2) is 0 Å². The van der Waals surface area contributed by atoms with Gasteiger partial charge in [0.05, 0.1) is 10.9 Å². The van der Waals surface area contributed by atoms with E-state index in [0.717, 1.165) is 5.56 Å². The van der Waals surface area contributed by atoms with Gasteiger partial charge < -0.3 is 10.2 Å². The fraction of sp³-hybridized carbons (Fsp3) is 0.263. The molecule has 0 aliphatic carbocycles. The maximum absolute atomic E-state index is 12.3. The number of halogens is 1. The number of carbonyl (C=O) groups is 1. The van der Waals surface area contributed by atoms with Crippen LogP contribution in [0.1, 0.15) is 17.2 Å². The molecule has 0 saturated carbocycles.